The average Bonchev–Trinajstić information content (AvgIpc) is 2.57. The third-order valence-corrected chi connectivity index (χ3v) is 4.59. The van der Waals surface area contributed by atoms with Crippen LogP contribution >= 0.6 is 0 Å². The van der Waals surface area contributed by atoms with E-state index in [1.165, 1.54) is 0 Å². The number of piperazine rings is 1. The lowest BCUT2D eigenvalue weighted by Gasteiger charge is -2.36. The Bertz CT molecular complexity index is 565. The summed E-state index contributed by atoms with van der Waals surface area (Å²) in [5.74, 6) is -0.379. The molecule has 132 valence electrons. The second-order valence-corrected chi connectivity index (χ2v) is 6.48. The number of benzene rings is 1. The summed E-state index contributed by atoms with van der Waals surface area (Å²) >= 11 is 0. The molecule has 0 bridgehead atoms. The lowest BCUT2D eigenvalue weighted by Crippen LogP contribution is -2.51. The molecule has 0 spiro atoms. The molecule has 1 aromatic carbocycles. The Morgan fingerprint density at radius 1 is 1.17 bits per heavy atom. The van der Waals surface area contributed by atoms with Crippen molar-refractivity contribution < 1.29 is 9.59 Å². The van der Waals surface area contributed by atoms with E-state index in [1.807, 2.05) is 30.9 Å². The average molecular weight is 332 g/mol. The van der Waals surface area contributed by atoms with Gasteiger partial charge in [-0.3, -0.25) is 9.59 Å². The first-order valence-electron chi connectivity index (χ1n) is 8.54. The van der Waals surface area contributed by atoms with Crippen LogP contribution in [0, 0.1) is 0 Å². The molecule has 1 heterocycles. The van der Waals surface area contributed by atoms with Crippen LogP contribution in [0.25, 0.3) is 0 Å². The zero-order valence-corrected chi connectivity index (χ0v) is 14.8. The number of anilines is 1. The summed E-state index contributed by atoms with van der Waals surface area (Å²) < 4.78 is 0. The van der Waals surface area contributed by atoms with Crippen LogP contribution in [-0.4, -0.2) is 60.9 Å². The monoisotopic (exact) mass is 332 g/mol. The van der Waals surface area contributed by atoms with Crippen molar-refractivity contribution in [2.45, 2.75) is 32.2 Å². The summed E-state index contributed by atoms with van der Waals surface area (Å²) in [4.78, 5) is 29.0. The number of rotatable bonds is 5. The van der Waals surface area contributed by atoms with Gasteiger partial charge >= 0.3 is 0 Å². The van der Waals surface area contributed by atoms with E-state index in [2.05, 4.69) is 17.3 Å². The standard InChI is InChI=1S/C18H28N4O2/c1-4-16(23)20-13(2)17(14-5-7-15(19)8-6-14)18(24)22-11-9-21(3)10-12-22/h5-8,13,17H,4,9-12,19H2,1-3H3,(H,20,23)/t13-,17-/m1/s1. The molecule has 24 heavy (non-hydrogen) atoms. The zero-order valence-electron chi connectivity index (χ0n) is 14.8. The smallest absolute Gasteiger partial charge is 0.232 e. The Hall–Kier alpha value is -2.08. The summed E-state index contributed by atoms with van der Waals surface area (Å²) in [6.07, 6.45) is 0.404. The molecule has 6 nitrogen and oxygen atoms in total. The molecule has 1 aliphatic rings. The summed E-state index contributed by atoms with van der Waals surface area (Å²) in [5, 5.41) is 2.94. The molecule has 6 heteroatoms. The minimum absolute atomic E-state index is 0.0471. The van der Waals surface area contributed by atoms with Crippen molar-refractivity contribution >= 4 is 17.5 Å². The molecular weight excluding hydrogens is 304 g/mol. The van der Waals surface area contributed by atoms with Gasteiger partial charge in [0.1, 0.15) is 0 Å². The van der Waals surface area contributed by atoms with Crippen molar-refractivity contribution in [2.75, 3.05) is 39.0 Å². The fourth-order valence-electron chi connectivity index (χ4n) is 3.01. The Balaban J connectivity index is 2.22. The molecule has 1 aromatic rings. The fourth-order valence-corrected chi connectivity index (χ4v) is 3.01. The number of likely N-dealkylation sites (N-methyl/N-ethyl adjacent to an activating group) is 1. The Morgan fingerprint density at radius 3 is 2.29 bits per heavy atom. The number of hydrogen-bond acceptors (Lipinski definition) is 4. The normalized spacial score (nSPS) is 18.0. The van der Waals surface area contributed by atoms with E-state index in [0.717, 1.165) is 31.7 Å². The number of hydrogen-bond donors (Lipinski definition) is 2. The van der Waals surface area contributed by atoms with Crippen molar-refractivity contribution in [1.82, 2.24) is 15.1 Å². The molecule has 1 fully saturated rings. The lowest BCUT2D eigenvalue weighted by molar-refractivity contribution is -0.135. The number of nitrogen functional groups attached to an aromatic ring is 1. The molecule has 0 aromatic heterocycles. The van der Waals surface area contributed by atoms with Gasteiger partial charge in [0.05, 0.1) is 5.92 Å². The van der Waals surface area contributed by atoms with E-state index in [1.54, 1.807) is 12.1 Å². The van der Waals surface area contributed by atoms with Crippen LogP contribution in [0.4, 0.5) is 5.69 Å². The molecule has 0 saturated carbocycles. The molecule has 2 atom stereocenters. The highest BCUT2D eigenvalue weighted by atomic mass is 16.2. The Kier molecular flexibility index (Phi) is 6.20. The van der Waals surface area contributed by atoms with Gasteiger partial charge in [-0.05, 0) is 31.7 Å². The van der Waals surface area contributed by atoms with Gasteiger partial charge in [-0.2, -0.15) is 0 Å². The van der Waals surface area contributed by atoms with Crippen LogP contribution in [-0.2, 0) is 9.59 Å². The van der Waals surface area contributed by atoms with Crippen LogP contribution in [0.15, 0.2) is 24.3 Å². The summed E-state index contributed by atoms with van der Waals surface area (Å²) in [6, 6.07) is 7.08. The lowest BCUT2D eigenvalue weighted by atomic mass is 9.90. The SMILES string of the molecule is CCC(=O)N[C@H](C)[C@@H](C(=O)N1CCN(C)CC1)c1ccc(N)cc1. The van der Waals surface area contributed by atoms with Crippen LogP contribution in [0.5, 0.6) is 0 Å². The minimum Gasteiger partial charge on any atom is -0.399 e. The maximum absolute atomic E-state index is 13.1. The molecule has 2 rings (SSSR count). The van der Waals surface area contributed by atoms with E-state index in [0.29, 0.717) is 12.1 Å². The van der Waals surface area contributed by atoms with E-state index in [4.69, 9.17) is 5.73 Å². The highest BCUT2D eigenvalue weighted by Crippen LogP contribution is 2.24. The fraction of sp³-hybridized carbons (Fsp3) is 0.556. The number of nitrogens with one attached hydrogen (secondary N) is 1. The maximum atomic E-state index is 13.1. The predicted molar refractivity (Wildman–Crippen MR) is 95.6 cm³/mol. The van der Waals surface area contributed by atoms with Crippen molar-refractivity contribution in [3.05, 3.63) is 29.8 Å². The summed E-state index contributed by atoms with van der Waals surface area (Å²) in [5.41, 5.74) is 7.32. The number of nitrogens with zero attached hydrogens (tertiary/aromatic N) is 2. The van der Waals surface area contributed by atoms with Crippen molar-refractivity contribution in [2.24, 2.45) is 0 Å². The van der Waals surface area contributed by atoms with Crippen LogP contribution in [0.1, 0.15) is 31.7 Å². The number of nitrogens with two attached hydrogens (primary N) is 1. The Labute approximate surface area is 144 Å². The molecule has 3 N–H and O–H groups in total. The first-order chi connectivity index (χ1) is 11.4. The minimum atomic E-state index is -0.399. The van der Waals surface area contributed by atoms with E-state index in [9.17, 15) is 9.59 Å². The molecule has 0 radical (unpaired) electrons. The molecule has 0 aliphatic carbocycles. The van der Waals surface area contributed by atoms with Gasteiger partial charge in [0.15, 0.2) is 0 Å². The largest absolute Gasteiger partial charge is 0.399 e. The van der Waals surface area contributed by atoms with Crippen LogP contribution in [0.3, 0.4) is 0 Å². The zero-order chi connectivity index (χ0) is 17.7. The molecule has 2 amide bonds. The van der Waals surface area contributed by atoms with Gasteiger partial charge in [0, 0.05) is 44.3 Å². The van der Waals surface area contributed by atoms with Crippen LogP contribution in [0.2, 0.25) is 0 Å². The van der Waals surface area contributed by atoms with E-state index >= 15 is 0 Å². The first-order valence-corrected chi connectivity index (χ1v) is 8.54. The maximum Gasteiger partial charge on any atom is 0.232 e. The second-order valence-electron chi connectivity index (χ2n) is 6.48. The second kappa shape index (κ2) is 8.15. The molecule has 1 saturated heterocycles. The van der Waals surface area contributed by atoms with Gasteiger partial charge in [0.2, 0.25) is 11.8 Å². The van der Waals surface area contributed by atoms with Crippen molar-refractivity contribution in [3.8, 4) is 0 Å². The third kappa shape index (κ3) is 4.47. The third-order valence-electron chi connectivity index (χ3n) is 4.59. The van der Waals surface area contributed by atoms with E-state index < -0.39 is 5.92 Å². The molecule has 0 unspecified atom stereocenters. The number of carbonyl (C=O) groups excluding carboxylic acids is 2. The van der Waals surface area contributed by atoms with Gasteiger partial charge in [-0.25, -0.2) is 0 Å². The topological polar surface area (TPSA) is 78.7 Å². The summed E-state index contributed by atoms with van der Waals surface area (Å²) in [6.45, 7) is 6.88. The van der Waals surface area contributed by atoms with Gasteiger partial charge in [0.25, 0.3) is 0 Å². The highest BCUT2D eigenvalue weighted by Gasteiger charge is 2.32. The van der Waals surface area contributed by atoms with Gasteiger partial charge in [-0.1, -0.05) is 19.1 Å². The van der Waals surface area contributed by atoms with Gasteiger partial charge < -0.3 is 20.9 Å². The van der Waals surface area contributed by atoms with Crippen molar-refractivity contribution in [1.29, 1.82) is 0 Å². The highest BCUT2D eigenvalue weighted by molar-refractivity contribution is 5.86. The van der Waals surface area contributed by atoms with Gasteiger partial charge in [-0.15, -0.1) is 0 Å². The predicted octanol–water partition coefficient (Wildman–Crippen LogP) is 1.04. The molecular formula is C18H28N4O2. The van der Waals surface area contributed by atoms with Crippen molar-refractivity contribution in [3.63, 3.8) is 0 Å². The quantitative estimate of drug-likeness (QED) is 0.790. The van der Waals surface area contributed by atoms with E-state index in [-0.39, 0.29) is 17.9 Å². The molecule has 1 aliphatic heterocycles. The van der Waals surface area contributed by atoms with Crippen LogP contribution < -0.4 is 11.1 Å². The summed E-state index contributed by atoms with van der Waals surface area (Å²) in [7, 11) is 2.06. The number of carbonyl (C=O) groups is 2. The number of amides is 2. The Morgan fingerprint density at radius 2 is 1.75 bits per heavy atom. The first kappa shape index (κ1) is 18.3.